The van der Waals surface area contributed by atoms with Gasteiger partial charge in [0.05, 0.1) is 25.4 Å². The van der Waals surface area contributed by atoms with Crippen molar-refractivity contribution in [2.75, 3.05) is 44.4 Å². The standard InChI is InChI=1S/C27H37NO5/c1-3-5-6-11-18-31-26(27(29)30-4-2)21-22-12-7-9-14-24(22)32-19-16-28-17-20-33-25-15-10-8-13-23(25)28/h7-10,12-15,26H,3-6,11,16-21H2,1-2H3. The molecule has 0 amide bonds. The van der Waals surface area contributed by atoms with E-state index in [4.69, 9.17) is 18.9 Å². The summed E-state index contributed by atoms with van der Waals surface area (Å²) in [5, 5.41) is 0. The van der Waals surface area contributed by atoms with Crippen molar-refractivity contribution in [1.29, 1.82) is 0 Å². The summed E-state index contributed by atoms with van der Waals surface area (Å²) in [6, 6.07) is 15.9. The molecule has 0 bridgehead atoms. The number of carbonyl (C=O) groups is 1. The van der Waals surface area contributed by atoms with Gasteiger partial charge in [-0.1, -0.05) is 56.5 Å². The van der Waals surface area contributed by atoms with Crippen LogP contribution in [0.2, 0.25) is 0 Å². The Morgan fingerprint density at radius 2 is 1.85 bits per heavy atom. The molecule has 0 aliphatic carbocycles. The summed E-state index contributed by atoms with van der Waals surface area (Å²) < 4.78 is 23.1. The zero-order valence-corrected chi connectivity index (χ0v) is 20.0. The van der Waals surface area contributed by atoms with Crippen molar-refractivity contribution in [3.8, 4) is 11.5 Å². The predicted molar refractivity (Wildman–Crippen MR) is 130 cm³/mol. The minimum Gasteiger partial charge on any atom is -0.491 e. The Kier molecular flexibility index (Phi) is 10.4. The average molecular weight is 456 g/mol. The first-order chi connectivity index (χ1) is 16.2. The van der Waals surface area contributed by atoms with E-state index >= 15 is 0 Å². The van der Waals surface area contributed by atoms with Crippen molar-refractivity contribution in [2.24, 2.45) is 0 Å². The quantitative estimate of drug-likeness (QED) is 0.294. The molecule has 1 unspecified atom stereocenters. The van der Waals surface area contributed by atoms with E-state index in [1.807, 2.05) is 49.4 Å². The van der Waals surface area contributed by atoms with Gasteiger partial charge in [0, 0.05) is 13.0 Å². The molecular weight excluding hydrogens is 418 g/mol. The highest BCUT2D eigenvalue weighted by atomic mass is 16.6. The normalized spacial score (nSPS) is 13.7. The fourth-order valence-electron chi connectivity index (χ4n) is 3.94. The fourth-order valence-corrected chi connectivity index (χ4v) is 3.94. The minimum absolute atomic E-state index is 0.312. The van der Waals surface area contributed by atoms with Gasteiger partial charge in [-0.2, -0.15) is 0 Å². The number of unbranched alkanes of at least 4 members (excludes halogenated alkanes) is 3. The Morgan fingerprint density at radius 3 is 2.70 bits per heavy atom. The molecule has 0 radical (unpaired) electrons. The van der Waals surface area contributed by atoms with E-state index in [2.05, 4.69) is 17.9 Å². The number of para-hydroxylation sites is 3. The van der Waals surface area contributed by atoms with Gasteiger partial charge in [-0.05, 0) is 37.1 Å². The van der Waals surface area contributed by atoms with Crippen LogP contribution in [-0.4, -0.2) is 51.6 Å². The first kappa shape index (κ1) is 24.9. The summed E-state index contributed by atoms with van der Waals surface area (Å²) in [4.78, 5) is 14.8. The lowest BCUT2D eigenvalue weighted by molar-refractivity contribution is -0.156. The zero-order valence-electron chi connectivity index (χ0n) is 20.0. The smallest absolute Gasteiger partial charge is 0.335 e. The topological polar surface area (TPSA) is 57.2 Å². The molecule has 1 aliphatic heterocycles. The van der Waals surface area contributed by atoms with Gasteiger partial charge in [0.25, 0.3) is 0 Å². The number of hydrogen-bond donors (Lipinski definition) is 0. The van der Waals surface area contributed by atoms with Gasteiger partial charge >= 0.3 is 5.97 Å². The first-order valence-electron chi connectivity index (χ1n) is 12.2. The number of esters is 1. The lowest BCUT2D eigenvalue weighted by Gasteiger charge is -2.31. The molecule has 6 heteroatoms. The minimum atomic E-state index is -0.623. The molecule has 3 rings (SSSR count). The number of benzene rings is 2. The lowest BCUT2D eigenvalue weighted by Crippen LogP contribution is -2.35. The molecule has 0 N–H and O–H groups in total. The van der Waals surface area contributed by atoms with Crippen molar-refractivity contribution >= 4 is 11.7 Å². The van der Waals surface area contributed by atoms with E-state index in [-0.39, 0.29) is 5.97 Å². The SMILES string of the molecule is CCCCCCOC(Cc1ccccc1OCCN1CCOc2ccccc21)C(=O)OCC. The number of ether oxygens (including phenoxy) is 4. The molecule has 1 aliphatic rings. The van der Waals surface area contributed by atoms with E-state index < -0.39 is 6.10 Å². The third-order valence-corrected chi connectivity index (χ3v) is 5.69. The molecule has 0 saturated heterocycles. The average Bonchev–Trinajstić information content (AvgIpc) is 2.84. The predicted octanol–water partition coefficient (Wildman–Crippen LogP) is 5.04. The Bertz CT molecular complexity index is 856. The molecule has 0 aromatic heterocycles. The first-order valence-corrected chi connectivity index (χ1v) is 12.2. The monoisotopic (exact) mass is 455 g/mol. The molecule has 0 fully saturated rings. The van der Waals surface area contributed by atoms with Gasteiger partial charge in [0.1, 0.15) is 24.7 Å². The van der Waals surface area contributed by atoms with Crippen LogP contribution < -0.4 is 14.4 Å². The maximum absolute atomic E-state index is 12.5. The van der Waals surface area contributed by atoms with E-state index in [1.165, 1.54) is 12.8 Å². The molecule has 2 aromatic rings. The highest BCUT2D eigenvalue weighted by Crippen LogP contribution is 2.30. The van der Waals surface area contributed by atoms with Crippen LogP contribution in [0, 0.1) is 0 Å². The van der Waals surface area contributed by atoms with Crippen LogP contribution >= 0.6 is 0 Å². The van der Waals surface area contributed by atoms with Crippen molar-refractivity contribution in [2.45, 2.75) is 52.1 Å². The number of nitrogens with zero attached hydrogens (tertiary/aromatic N) is 1. The van der Waals surface area contributed by atoms with Crippen LogP contribution in [0.1, 0.15) is 45.1 Å². The second-order valence-corrected chi connectivity index (χ2v) is 8.14. The maximum atomic E-state index is 12.5. The number of carbonyl (C=O) groups excluding carboxylic acids is 1. The summed E-state index contributed by atoms with van der Waals surface area (Å²) in [6.45, 7) is 7.69. The van der Waals surface area contributed by atoms with Gasteiger partial charge < -0.3 is 23.8 Å². The van der Waals surface area contributed by atoms with E-state index in [1.54, 1.807) is 0 Å². The number of hydrogen-bond acceptors (Lipinski definition) is 6. The van der Waals surface area contributed by atoms with Crippen molar-refractivity contribution in [1.82, 2.24) is 0 Å². The van der Waals surface area contributed by atoms with E-state index in [9.17, 15) is 4.79 Å². The molecule has 2 aromatic carbocycles. The van der Waals surface area contributed by atoms with Crippen molar-refractivity contribution in [3.05, 3.63) is 54.1 Å². The molecular formula is C27H37NO5. The van der Waals surface area contributed by atoms with Crippen LogP contribution in [-0.2, 0) is 20.7 Å². The van der Waals surface area contributed by atoms with Crippen LogP contribution in [0.25, 0.3) is 0 Å². The van der Waals surface area contributed by atoms with Crippen LogP contribution in [0.4, 0.5) is 5.69 Å². The number of rotatable bonds is 14. The van der Waals surface area contributed by atoms with Gasteiger partial charge in [-0.15, -0.1) is 0 Å². The van der Waals surface area contributed by atoms with Gasteiger partial charge in [0.2, 0.25) is 0 Å². The van der Waals surface area contributed by atoms with Crippen molar-refractivity contribution in [3.63, 3.8) is 0 Å². The maximum Gasteiger partial charge on any atom is 0.335 e. The van der Waals surface area contributed by atoms with Crippen LogP contribution in [0.5, 0.6) is 11.5 Å². The molecule has 6 nitrogen and oxygen atoms in total. The summed E-state index contributed by atoms with van der Waals surface area (Å²) in [6.07, 6.45) is 4.21. The molecule has 1 heterocycles. The fraction of sp³-hybridized carbons (Fsp3) is 0.519. The van der Waals surface area contributed by atoms with Crippen molar-refractivity contribution < 1.29 is 23.7 Å². The van der Waals surface area contributed by atoms with E-state index in [0.717, 1.165) is 48.7 Å². The second-order valence-electron chi connectivity index (χ2n) is 8.14. The summed E-state index contributed by atoms with van der Waals surface area (Å²) in [5.41, 5.74) is 2.05. The molecule has 180 valence electrons. The Balaban J connectivity index is 1.58. The zero-order chi connectivity index (χ0) is 23.3. The van der Waals surface area contributed by atoms with Gasteiger partial charge in [-0.25, -0.2) is 4.79 Å². The lowest BCUT2D eigenvalue weighted by atomic mass is 10.1. The highest BCUT2D eigenvalue weighted by Gasteiger charge is 2.23. The molecule has 0 spiro atoms. The van der Waals surface area contributed by atoms with Crippen LogP contribution in [0.15, 0.2) is 48.5 Å². The third kappa shape index (κ3) is 7.67. The number of anilines is 1. The summed E-state index contributed by atoms with van der Waals surface area (Å²) >= 11 is 0. The van der Waals surface area contributed by atoms with Gasteiger partial charge in [0.15, 0.2) is 6.10 Å². The largest absolute Gasteiger partial charge is 0.491 e. The Hall–Kier alpha value is -2.73. The number of fused-ring (bicyclic) bond motifs is 1. The highest BCUT2D eigenvalue weighted by molar-refractivity contribution is 5.75. The Labute approximate surface area is 197 Å². The van der Waals surface area contributed by atoms with E-state index in [0.29, 0.717) is 32.8 Å². The summed E-state index contributed by atoms with van der Waals surface area (Å²) in [5.74, 6) is 1.38. The third-order valence-electron chi connectivity index (χ3n) is 5.69. The summed E-state index contributed by atoms with van der Waals surface area (Å²) in [7, 11) is 0. The van der Waals surface area contributed by atoms with Crippen LogP contribution in [0.3, 0.4) is 0 Å². The molecule has 33 heavy (non-hydrogen) atoms. The molecule has 1 atom stereocenters. The second kappa shape index (κ2) is 13.7. The van der Waals surface area contributed by atoms with Gasteiger partial charge in [-0.3, -0.25) is 0 Å². The molecule has 0 saturated carbocycles. The Morgan fingerprint density at radius 1 is 1.03 bits per heavy atom.